The van der Waals surface area contributed by atoms with E-state index in [1.807, 2.05) is 30.3 Å². The summed E-state index contributed by atoms with van der Waals surface area (Å²) < 4.78 is 21.7. The molecule has 0 bridgehead atoms. The van der Waals surface area contributed by atoms with E-state index in [-0.39, 0.29) is 18.6 Å². The van der Waals surface area contributed by atoms with E-state index in [1.54, 1.807) is 24.3 Å². The average Bonchev–Trinajstić information content (AvgIpc) is 3.28. The Bertz CT molecular complexity index is 772. The summed E-state index contributed by atoms with van der Waals surface area (Å²) in [5, 5.41) is 2.64. The van der Waals surface area contributed by atoms with Gasteiger partial charge in [0, 0.05) is 6.61 Å². The van der Waals surface area contributed by atoms with Crippen molar-refractivity contribution in [1.29, 1.82) is 0 Å². The van der Waals surface area contributed by atoms with Crippen molar-refractivity contribution in [2.75, 3.05) is 33.0 Å². The van der Waals surface area contributed by atoms with Gasteiger partial charge in [0.15, 0.2) is 6.61 Å². The van der Waals surface area contributed by atoms with E-state index in [2.05, 4.69) is 5.32 Å². The molecular weight excluding hydrogens is 374 g/mol. The van der Waals surface area contributed by atoms with Gasteiger partial charge in [-0.15, -0.1) is 0 Å². The summed E-state index contributed by atoms with van der Waals surface area (Å²) in [6, 6.07) is 15.9. The maximum absolute atomic E-state index is 12.1. The number of hydrogen-bond acceptors (Lipinski definition) is 6. The Balaban J connectivity index is 1.31. The van der Waals surface area contributed by atoms with Crippen LogP contribution in [-0.4, -0.2) is 51.0 Å². The molecule has 1 saturated heterocycles. The molecule has 154 valence electrons. The van der Waals surface area contributed by atoms with Crippen LogP contribution in [0.1, 0.15) is 23.2 Å². The molecule has 1 aliphatic heterocycles. The molecule has 3 rings (SSSR count). The Labute approximate surface area is 169 Å². The van der Waals surface area contributed by atoms with Crippen LogP contribution in [-0.2, 0) is 14.3 Å². The fourth-order valence-electron chi connectivity index (χ4n) is 2.79. The van der Waals surface area contributed by atoms with Crippen molar-refractivity contribution in [3.63, 3.8) is 0 Å². The van der Waals surface area contributed by atoms with Gasteiger partial charge in [0.05, 0.1) is 18.2 Å². The topological polar surface area (TPSA) is 83.1 Å². The second kappa shape index (κ2) is 11.1. The molecule has 0 saturated carbocycles. The lowest BCUT2D eigenvalue weighted by molar-refractivity contribution is -0.124. The van der Waals surface area contributed by atoms with Crippen LogP contribution in [0.3, 0.4) is 0 Å². The number of hydrogen-bond donors (Lipinski definition) is 1. The van der Waals surface area contributed by atoms with E-state index in [1.165, 1.54) is 0 Å². The van der Waals surface area contributed by atoms with E-state index in [4.69, 9.17) is 18.9 Å². The molecule has 0 unspecified atom stereocenters. The van der Waals surface area contributed by atoms with Crippen molar-refractivity contribution in [1.82, 2.24) is 5.32 Å². The molecule has 2 aromatic carbocycles. The molecule has 0 spiro atoms. The van der Waals surface area contributed by atoms with Gasteiger partial charge in [-0.3, -0.25) is 4.79 Å². The third kappa shape index (κ3) is 7.12. The molecule has 1 fully saturated rings. The first kappa shape index (κ1) is 20.7. The lowest BCUT2D eigenvalue weighted by atomic mass is 10.2. The third-order valence-corrected chi connectivity index (χ3v) is 4.32. The summed E-state index contributed by atoms with van der Waals surface area (Å²) in [5.74, 6) is 0.447. The third-order valence-electron chi connectivity index (χ3n) is 4.32. The van der Waals surface area contributed by atoms with E-state index in [0.717, 1.165) is 25.2 Å². The molecule has 0 aliphatic carbocycles. The summed E-state index contributed by atoms with van der Waals surface area (Å²) in [7, 11) is 0. The fourth-order valence-corrected chi connectivity index (χ4v) is 2.79. The van der Waals surface area contributed by atoms with Crippen LogP contribution in [0, 0.1) is 0 Å². The van der Waals surface area contributed by atoms with Gasteiger partial charge in [-0.25, -0.2) is 4.79 Å². The quantitative estimate of drug-likeness (QED) is 0.488. The Kier molecular flexibility index (Phi) is 7.89. The number of ether oxygens (including phenoxy) is 4. The maximum Gasteiger partial charge on any atom is 0.338 e. The number of nitrogens with one attached hydrogen (secondary N) is 1. The van der Waals surface area contributed by atoms with Crippen molar-refractivity contribution in [2.24, 2.45) is 0 Å². The summed E-state index contributed by atoms with van der Waals surface area (Å²) in [6.45, 7) is 1.59. The van der Waals surface area contributed by atoms with Crippen LogP contribution in [0.4, 0.5) is 0 Å². The number of carbonyl (C=O) groups is 2. The molecule has 1 amide bonds. The molecule has 29 heavy (non-hydrogen) atoms. The predicted octanol–water partition coefficient (Wildman–Crippen LogP) is 2.60. The number of para-hydroxylation sites is 1. The lowest BCUT2D eigenvalue weighted by Gasteiger charge is -2.11. The van der Waals surface area contributed by atoms with Crippen molar-refractivity contribution in [3.05, 3.63) is 60.2 Å². The zero-order chi connectivity index (χ0) is 20.3. The minimum atomic E-state index is -0.564. The smallest absolute Gasteiger partial charge is 0.338 e. The highest BCUT2D eigenvalue weighted by Crippen LogP contribution is 2.17. The van der Waals surface area contributed by atoms with Crippen LogP contribution in [0.5, 0.6) is 11.5 Å². The second-order valence-electron chi connectivity index (χ2n) is 6.56. The second-order valence-corrected chi connectivity index (χ2v) is 6.56. The molecule has 2 aromatic rings. The molecule has 1 atom stereocenters. The number of carbonyl (C=O) groups excluding carboxylic acids is 2. The van der Waals surface area contributed by atoms with Crippen LogP contribution in [0.25, 0.3) is 0 Å². The number of rotatable bonds is 10. The molecule has 1 N–H and O–H groups in total. The van der Waals surface area contributed by atoms with Gasteiger partial charge in [-0.2, -0.15) is 0 Å². The molecule has 0 radical (unpaired) electrons. The molecular formula is C22H25NO6. The van der Waals surface area contributed by atoms with Crippen LogP contribution < -0.4 is 14.8 Å². The van der Waals surface area contributed by atoms with E-state index in [0.29, 0.717) is 31.1 Å². The number of benzene rings is 2. The summed E-state index contributed by atoms with van der Waals surface area (Å²) in [4.78, 5) is 23.8. The standard InChI is InChI=1S/C22H25NO6/c24-21(23-12-14-27-18-5-2-1-3-6-18)16-29-22(25)17-8-10-19(11-9-17)28-15-20-7-4-13-26-20/h1-3,5-6,8-11,20H,4,7,12-16H2,(H,23,24)/t20-/m1/s1. The largest absolute Gasteiger partial charge is 0.492 e. The summed E-state index contributed by atoms with van der Waals surface area (Å²) in [6.07, 6.45) is 2.20. The molecule has 1 aliphatic rings. The molecule has 1 heterocycles. The van der Waals surface area contributed by atoms with Gasteiger partial charge < -0.3 is 24.3 Å². The highest BCUT2D eigenvalue weighted by Gasteiger charge is 2.16. The first-order chi connectivity index (χ1) is 14.2. The van der Waals surface area contributed by atoms with Gasteiger partial charge in [0.2, 0.25) is 0 Å². The van der Waals surface area contributed by atoms with Crippen molar-refractivity contribution < 1.29 is 28.5 Å². The highest BCUT2D eigenvalue weighted by atomic mass is 16.5. The van der Waals surface area contributed by atoms with Gasteiger partial charge in [-0.05, 0) is 49.2 Å². The molecule has 7 heteroatoms. The zero-order valence-corrected chi connectivity index (χ0v) is 16.2. The Morgan fingerprint density at radius 1 is 1.00 bits per heavy atom. The molecule has 0 aromatic heterocycles. The number of amides is 1. The Morgan fingerprint density at radius 2 is 1.76 bits per heavy atom. The van der Waals surface area contributed by atoms with E-state index >= 15 is 0 Å². The monoisotopic (exact) mass is 399 g/mol. The lowest BCUT2D eigenvalue weighted by Crippen LogP contribution is -2.32. The van der Waals surface area contributed by atoms with Crippen LogP contribution in [0.2, 0.25) is 0 Å². The summed E-state index contributed by atoms with van der Waals surface area (Å²) >= 11 is 0. The minimum Gasteiger partial charge on any atom is -0.492 e. The first-order valence-electron chi connectivity index (χ1n) is 9.67. The maximum atomic E-state index is 12.1. The minimum absolute atomic E-state index is 0.135. The summed E-state index contributed by atoms with van der Waals surface area (Å²) in [5.41, 5.74) is 0.356. The highest BCUT2D eigenvalue weighted by molar-refractivity contribution is 5.91. The van der Waals surface area contributed by atoms with Gasteiger partial charge in [-0.1, -0.05) is 18.2 Å². The Hall–Kier alpha value is -3.06. The SMILES string of the molecule is O=C(COC(=O)c1ccc(OC[C@H]2CCCO2)cc1)NCCOc1ccccc1. The Morgan fingerprint density at radius 3 is 2.48 bits per heavy atom. The zero-order valence-electron chi connectivity index (χ0n) is 16.2. The van der Waals surface area contributed by atoms with Crippen molar-refractivity contribution in [3.8, 4) is 11.5 Å². The normalized spacial score (nSPS) is 15.5. The first-order valence-corrected chi connectivity index (χ1v) is 9.67. The van der Waals surface area contributed by atoms with E-state index in [9.17, 15) is 9.59 Å². The van der Waals surface area contributed by atoms with Crippen LogP contribution in [0.15, 0.2) is 54.6 Å². The molecule has 7 nitrogen and oxygen atoms in total. The van der Waals surface area contributed by atoms with Gasteiger partial charge >= 0.3 is 5.97 Å². The van der Waals surface area contributed by atoms with E-state index < -0.39 is 5.97 Å². The predicted molar refractivity (Wildman–Crippen MR) is 106 cm³/mol. The van der Waals surface area contributed by atoms with Crippen molar-refractivity contribution in [2.45, 2.75) is 18.9 Å². The average molecular weight is 399 g/mol. The fraction of sp³-hybridized carbons (Fsp3) is 0.364. The van der Waals surface area contributed by atoms with Crippen molar-refractivity contribution >= 4 is 11.9 Å². The van der Waals surface area contributed by atoms with Gasteiger partial charge in [0.1, 0.15) is 24.7 Å². The van der Waals surface area contributed by atoms with Gasteiger partial charge in [0.25, 0.3) is 5.91 Å². The number of esters is 1. The van der Waals surface area contributed by atoms with Crippen LogP contribution >= 0.6 is 0 Å².